The molecular weight excluding hydrogens is 196 g/mol. The fraction of sp³-hybridized carbons (Fsp3) is 0.571. The average Bonchev–Trinajstić information content (AvgIpc) is 3.11. The van der Waals surface area contributed by atoms with Crippen LogP contribution in [0.15, 0.2) is 18.2 Å². The van der Waals surface area contributed by atoms with Crippen molar-refractivity contribution in [3.8, 4) is 0 Å². The Morgan fingerprint density at radius 1 is 1.25 bits per heavy atom. The van der Waals surface area contributed by atoms with Crippen LogP contribution in [0.3, 0.4) is 0 Å². The Bertz CT molecular complexity index is 394. The zero-order valence-electron chi connectivity index (χ0n) is 10.2. The zero-order valence-corrected chi connectivity index (χ0v) is 10.2. The van der Waals surface area contributed by atoms with Gasteiger partial charge in [0.2, 0.25) is 0 Å². The van der Waals surface area contributed by atoms with E-state index in [-0.39, 0.29) is 0 Å². The molecule has 0 radical (unpaired) electrons. The topological polar surface area (TPSA) is 15.3 Å². The summed E-state index contributed by atoms with van der Waals surface area (Å²) in [5.41, 5.74) is 4.44. The van der Waals surface area contributed by atoms with E-state index in [0.717, 1.165) is 12.5 Å². The summed E-state index contributed by atoms with van der Waals surface area (Å²) in [7, 11) is 4.23. The van der Waals surface area contributed by atoms with Crippen LogP contribution in [0.5, 0.6) is 0 Å². The highest BCUT2D eigenvalue weighted by molar-refractivity contribution is 5.51. The molecule has 0 spiro atoms. The molecule has 1 atom stereocenters. The molecule has 0 bridgehead atoms. The molecule has 0 amide bonds. The Morgan fingerprint density at radius 3 is 2.75 bits per heavy atom. The van der Waals surface area contributed by atoms with Crippen molar-refractivity contribution in [3.05, 3.63) is 29.3 Å². The summed E-state index contributed by atoms with van der Waals surface area (Å²) in [4.78, 5) is 2.19. The number of anilines is 1. The van der Waals surface area contributed by atoms with E-state index in [1.165, 1.54) is 24.9 Å². The third-order valence-corrected chi connectivity index (χ3v) is 3.83. The molecule has 1 heterocycles. The first-order valence-electron chi connectivity index (χ1n) is 6.29. The van der Waals surface area contributed by atoms with Gasteiger partial charge in [0.05, 0.1) is 0 Å². The third kappa shape index (κ3) is 1.71. The summed E-state index contributed by atoms with van der Waals surface area (Å²) >= 11 is 0. The predicted octanol–water partition coefficient (Wildman–Crippen LogP) is 2.35. The second kappa shape index (κ2) is 3.77. The summed E-state index contributed by atoms with van der Waals surface area (Å²) in [6.45, 7) is 1.15. The van der Waals surface area contributed by atoms with Gasteiger partial charge in [-0.3, -0.25) is 0 Å². The molecule has 1 unspecified atom stereocenters. The molecule has 1 saturated carbocycles. The molecule has 1 aliphatic carbocycles. The van der Waals surface area contributed by atoms with E-state index in [9.17, 15) is 0 Å². The number of hydrogen-bond acceptors (Lipinski definition) is 2. The maximum atomic E-state index is 3.68. The molecule has 16 heavy (non-hydrogen) atoms. The normalized spacial score (nSPS) is 24.0. The summed E-state index contributed by atoms with van der Waals surface area (Å²) in [5.74, 6) is 0.900. The highest BCUT2D eigenvalue weighted by Crippen LogP contribution is 2.43. The number of benzene rings is 1. The predicted molar refractivity (Wildman–Crippen MR) is 67.9 cm³/mol. The van der Waals surface area contributed by atoms with Gasteiger partial charge in [0.1, 0.15) is 0 Å². The highest BCUT2D eigenvalue weighted by atomic mass is 15.1. The van der Waals surface area contributed by atoms with Gasteiger partial charge >= 0.3 is 0 Å². The van der Waals surface area contributed by atoms with Gasteiger partial charge in [-0.15, -0.1) is 0 Å². The Morgan fingerprint density at radius 2 is 2.06 bits per heavy atom. The average molecular weight is 216 g/mol. The van der Waals surface area contributed by atoms with Crippen LogP contribution in [0, 0.1) is 5.92 Å². The van der Waals surface area contributed by atoms with Crippen LogP contribution in [0.2, 0.25) is 0 Å². The smallest absolute Gasteiger partial charge is 0.0364 e. The van der Waals surface area contributed by atoms with Gasteiger partial charge in [-0.2, -0.15) is 0 Å². The second-order valence-corrected chi connectivity index (χ2v) is 5.30. The lowest BCUT2D eigenvalue weighted by atomic mass is 9.91. The molecule has 1 fully saturated rings. The summed E-state index contributed by atoms with van der Waals surface area (Å²) < 4.78 is 0. The first-order valence-corrected chi connectivity index (χ1v) is 6.29. The van der Waals surface area contributed by atoms with E-state index >= 15 is 0 Å². The van der Waals surface area contributed by atoms with Crippen LogP contribution in [0.4, 0.5) is 5.69 Å². The summed E-state index contributed by atoms with van der Waals surface area (Å²) in [5, 5.41) is 3.68. The molecule has 0 saturated heterocycles. The van der Waals surface area contributed by atoms with Gasteiger partial charge in [-0.25, -0.2) is 0 Å². The monoisotopic (exact) mass is 216 g/mol. The lowest BCUT2D eigenvalue weighted by molar-refractivity contribution is 0.458. The van der Waals surface area contributed by atoms with Crippen molar-refractivity contribution in [2.24, 2.45) is 5.92 Å². The van der Waals surface area contributed by atoms with Crippen molar-refractivity contribution in [2.45, 2.75) is 25.3 Å². The Kier molecular flexibility index (Phi) is 2.40. The minimum Gasteiger partial charge on any atom is -0.378 e. The van der Waals surface area contributed by atoms with Crippen LogP contribution >= 0.6 is 0 Å². The van der Waals surface area contributed by atoms with Crippen LogP contribution in [-0.4, -0.2) is 20.6 Å². The van der Waals surface area contributed by atoms with Crippen LogP contribution in [-0.2, 0) is 6.42 Å². The van der Waals surface area contributed by atoms with Crippen molar-refractivity contribution in [2.75, 3.05) is 25.5 Å². The van der Waals surface area contributed by atoms with E-state index in [4.69, 9.17) is 0 Å². The maximum absolute atomic E-state index is 3.68. The lowest BCUT2D eigenvalue weighted by Crippen LogP contribution is -2.31. The van der Waals surface area contributed by atoms with Crippen LogP contribution < -0.4 is 10.2 Å². The van der Waals surface area contributed by atoms with Crippen molar-refractivity contribution in [1.29, 1.82) is 0 Å². The van der Waals surface area contributed by atoms with E-state index < -0.39 is 0 Å². The van der Waals surface area contributed by atoms with Gasteiger partial charge in [0.25, 0.3) is 0 Å². The van der Waals surface area contributed by atoms with E-state index in [1.54, 1.807) is 11.1 Å². The maximum Gasteiger partial charge on any atom is 0.0364 e. The minimum atomic E-state index is 0.628. The number of nitrogens with zero attached hydrogens (tertiary/aromatic N) is 1. The molecule has 2 aliphatic rings. The quantitative estimate of drug-likeness (QED) is 0.816. The molecule has 1 aromatic carbocycles. The van der Waals surface area contributed by atoms with Gasteiger partial charge in [0, 0.05) is 25.8 Å². The minimum absolute atomic E-state index is 0.628. The Hall–Kier alpha value is -1.02. The summed E-state index contributed by atoms with van der Waals surface area (Å²) in [6, 6.07) is 7.57. The molecule has 86 valence electrons. The van der Waals surface area contributed by atoms with Crippen molar-refractivity contribution in [1.82, 2.24) is 5.32 Å². The Labute approximate surface area is 97.6 Å². The zero-order chi connectivity index (χ0) is 11.1. The number of fused-ring (bicyclic) bond motifs is 1. The van der Waals surface area contributed by atoms with Gasteiger partial charge in [-0.1, -0.05) is 6.07 Å². The number of rotatable bonds is 2. The molecule has 2 nitrogen and oxygen atoms in total. The van der Waals surface area contributed by atoms with E-state index in [2.05, 4.69) is 42.5 Å². The molecule has 1 aromatic rings. The second-order valence-electron chi connectivity index (χ2n) is 5.30. The largest absolute Gasteiger partial charge is 0.378 e. The Balaban J connectivity index is 1.99. The van der Waals surface area contributed by atoms with Crippen molar-refractivity contribution < 1.29 is 0 Å². The molecule has 1 aliphatic heterocycles. The van der Waals surface area contributed by atoms with Crippen molar-refractivity contribution in [3.63, 3.8) is 0 Å². The first kappa shape index (κ1) is 10.2. The SMILES string of the molecule is CN(C)c1ccc2c(c1)C(C1CC1)NCC2. The van der Waals surface area contributed by atoms with Crippen molar-refractivity contribution >= 4 is 5.69 Å². The summed E-state index contributed by atoms with van der Waals surface area (Å²) in [6.07, 6.45) is 4.00. The lowest BCUT2D eigenvalue weighted by Gasteiger charge is -2.28. The standard InChI is InChI=1S/C14H20N2/c1-16(2)12-6-5-10-7-8-15-14(11-3-4-11)13(10)9-12/h5-6,9,11,14-15H,3-4,7-8H2,1-2H3. The van der Waals surface area contributed by atoms with Gasteiger partial charge < -0.3 is 10.2 Å². The molecule has 3 rings (SSSR count). The molecular formula is C14H20N2. The molecule has 0 aromatic heterocycles. The number of hydrogen-bond donors (Lipinski definition) is 1. The fourth-order valence-electron chi connectivity index (χ4n) is 2.70. The van der Waals surface area contributed by atoms with Gasteiger partial charge in [-0.05, 0) is 55.0 Å². The third-order valence-electron chi connectivity index (χ3n) is 3.83. The highest BCUT2D eigenvalue weighted by Gasteiger charge is 2.34. The molecule has 1 N–H and O–H groups in total. The van der Waals surface area contributed by atoms with E-state index in [0.29, 0.717) is 6.04 Å². The van der Waals surface area contributed by atoms with E-state index in [1.807, 2.05) is 0 Å². The fourth-order valence-corrected chi connectivity index (χ4v) is 2.70. The van der Waals surface area contributed by atoms with Crippen LogP contribution in [0.1, 0.15) is 30.0 Å². The first-order chi connectivity index (χ1) is 7.75. The molecule has 2 heteroatoms. The number of nitrogens with one attached hydrogen (secondary N) is 1. The van der Waals surface area contributed by atoms with Gasteiger partial charge in [0.15, 0.2) is 0 Å². The van der Waals surface area contributed by atoms with Crippen LogP contribution in [0.25, 0.3) is 0 Å².